The molecule has 5 rings (SSSR count). The van der Waals surface area contributed by atoms with Crippen LogP contribution in [-0.2, 0) is 19.5 Å². The molecule has 4 heterocycles. The Bertz CT molecular complexity index is 1210. The van der Waals surface area contributed by atoms with Gasteiger partial charge in [-0.15, -0.1) is 11.3 Å². The van der Waals surface area contributed by atoms with Crippen molar-refractivity contribution in [1.82, 2.24) is 19.9 Å². The van der Waals surface area contributed by atoms with E-state index in [-0.39, 0.29) is 5.56 Å². The highest BCUT2D eigenvalue weighted by atomic mass is 32.1. The maximum atomic E-state index is 12.6. The number of hydrogen-bond donors (Lipinski definition) is 1. The van der Waals surface area contributed by atoms with Crippen LogP contribution in [0, 0.1) is 0 Å². The number of nitrogens with zero attached hydrogens (tertiary/aromatic N) is 3. The Kier molecular flexibility index (Phi) is 4.94. The average Bonchev–Trinajstić information content (AvgIpc) is 3.47. The van der Waals surface area contributed by atoms with Gasteiger partial charge in [0.15, 0.2) is 11.6 Å². The number of fused-ring (bicyclic) bond motifs is 1. The minimum atomic E-state index is -0.103. The molecule has 8 heteroatoms. The number of aromatic amines is 1. The Labute approximate surface area is 177 Å². The summed E-state index contributed by atoms with van der Waals surface area (Å²) >= 11 is 1.64. The predicted octanol–water partition coefficient (Wildman–Crippen LogP) is 3.72. The van der Waals surface area contributed by atoms with E-state index in [2.05, 4.69) is 20.2 Å². The lowest BCUT2D eigenvalue weighted by atomic mass is 10.1. The number of benzene rings is 1. The smallest absolute Gasteiger partial charge is 0.256 e. The molecule has 30 heavy (non-hydrogen) atoms. The summed E-state index contributed by atoms with van der Waals surface area (Å²) in [6, 6.07) is 11.5. The van der Waals surface area contributed by atoms with Crippen LogP contribution < -0.4 is 10.3 Å². The van der Waals surface area contributed by atoms with Gasteiger partial charge >= 0.3 is 0 Å². The molecule has 0 unspecified atom stereocenters. The fourth-order valence-corrected chi connectivity index (χ4v) is 4.46. The molecule has 0 saturated carbocycles. The maximum Gasteiger partial charge on any atom is 0.256 e. The second kappa shape index (κ2) is 7.89. The monoisotopic (exact) mass is 420 g/mol. The molecule has 0 radical (unpaired) electrons. The van der Waals surface area contributed by atoms with Gasteiger partial charge in [0, 0.05) is 30.5 Å². The Morgan fingerprint density at radius 1 is 1.23 bits per heavy atom. The summed E-state index contributed by atoms with van der Waals surface area (Å²) in [4.78, 5) is 27.1. The van der Waals surface area contributed by atoms with Gasteiger partial charge in [-0.05, 0) is 36.4 Å². The molecule has 0 fully saturated rings. The van der Waals surface area contributed by atoms with Crippen LogP contribution in [0.1, 0.15) is 16.3 Å². The Morgan fingerprint density at radius 2 is 2.10 bits per heavy atom. The highest BCUT2D eigenvalue weighted by molar-refractivity contribution is 7.09. The topological polar surface area (TPSA) is 84.2 Å². The standard InChI is InChI=1S/C22H20N4O3S/c1-28-15-6-4-14(5-7-15)18-13-30-20(23-18)12-26-9-8-17-16(11-26)22(27)25-21(24-17)19-3-2-10-29-19/h2-7,10,13H,8-9,11-12H2,1H3,(H,24,25,27). The van der Waals surface area contributed by atoms with Crippen LogP contribution in [-0.4, -0.2) is 33.5 Å². The van der Waals surface area contributed by atoms with Gasteiger partial charge in [0.1, 0.15) is 10.8 Å². The van der Waals surface area contributed by atoms with Crippen molar-refractivity contribution in [1.29, 1.82) is 0 Å². The quantitative estimate of drug-likeness (QED) is 0.530. The maximum absolute atomic E-state index is 12.6. The third kappa shape index (κ3) is 3.67. The number of H-pyrrole nitrogens is 1. The molecule has 0 bridgehead atoms. The number of furan rings is 1. The lowest BCUT2D eigenvalue weighted by molar-refractivity contribution is 0.241. The van der Waals surface area contributed by atoms with Gasteiger partial charge in [-0.2, -0.15) is 0 Å². The van der Waals surface area contributed by atoms with Crippen molar-refractivity contribution < 1.29 is 9.15 Å². The first-order valence-electron chi connectivity index (χ1n) is 9.67. The van der Waals surface area contributed by atoms with Crippen LogP contribution in [0.25, 0.3) is 22.8 Å². The number of aromatic nitrogens is 3. The number of ether oxygens (including phenoxy) is 1. The Balaban J connectivity index is 1.31. The van der Waals surface area contributed by atoms with Crippen LogP contribution in [0.5, 0.6) is 5.75 Å². The normalized spacial score (nSPS) is 13.9. The number of hydrogen-bond acceptors (Lipinski definition) is 7. The van der Waals surface area contributed by atoms with Crippen molar-refractivity contribution in [2.45, 2.75) is 19.5 Å². The Morgan fingerprint density at radius 3 is 2.87 bits per heavy atom. The first-order valence-corrected chi connectivity index (χ1v) is 10.5. The van der Waals surface area contributed by atoms with E-state index < -0.39 is 0 Å². The van der Waals surface area contributed by atoms with E-state index in [9.17, 15) is 4.79 Å². The number of thiazole rings is 1. The molecule has 4 aromatic rings. The summed E-state index contributed by atoms with van der Waals surface area (Å²) in [6.45, 7) is 2.10. The summed E-state index contributed by atoms with van der Waals surface area (Å²) in [6.07, 6.45) is 2.30. The minimum absolute atomic E-state index is 0.103. The molecule has 1 N–H and O–H groups in total. The third-order valence-corrected chi connectivity index (χ3v) is 6.03. The van der Waals surface area contributed by atoms with E-state index in [0.717, 1.165) is 46.2 Å². The highest BCUT2D eigenvalue weighted by Crippen LogP contribution is 2.26. The zero-order valence-corrected chi connectivity index (χ0v) is 17.2. The van der Waals surface area contributed by atoms with Gasteiger partial charge in [0.2, 0.25) is 0 Å². The number of rotatable bonds is 5. The van der Waals surface area contributed by atoms with E-state index in [1.54, 1.807) is 36.8 Å². The minimum Gasteiger partial charge on any atom is -0.497 e. The molecule has 0 saturated heterocycles. The van der Waals surface area contributed by atoms with Crippen molar-refractivity contribution >= 4 is 11.3 Å². The van der Waals surface area contributed by atoms with Crippen molar-refractivity contribution in [3.05, 3.63) is 74.7 Å². The molecule has 0 amide bonds. The van der Waals surface area contributed by atoms with Crippen LogP contribution in [0.2, 0.25) is 0 Å². The van der Waals surface area contributed by atoms with Crippen LogP contribution >= 0.6 is 11.3 Å². The summed E-state index contributed by atoms with van der Waals surface area (Å²) in [5.41, 5.74) is 3.49. The van der Waals surface area contributed by atoms with E-state index in [1.165, 1.54) is 0 Å². The van der Waals surface area contributed by atoms with Crippen molar-refractivity contribution in [3.8, 4) is 28.6 Å². The zero-order valence-electron chi connectivity index (χ0n) is 16.4. The van der Waals surface area contributed by atoms with Crippen LogP contribution in [0.3, 0.4) is 0 Å². The molecule has 1 aromatic carbocycles. The second-order valence-electron chi connectivity index (χ2n) is 7.13. The van der Waals surface area contributed by atoms with Gasteiger partial charge in [-0.1, -0.05) is 0 Å². The molecule has 0 atom stereocenters. The molecule has 1 aliphatic heterocycles. The molecular formula is C22H20N4O3S. The first kappa shape index (κ1) is 18.8. The van der Waals surface area contributed by atoms with Gasteiger partial charge in [0.25, 0.3) is 5.56 Å². The average molecular weight is 420 g/mol. The molecule has 0 spiro atoms. The Hall–Kier alpha value is -3.23. The van der Waals surface area contributed by atoms with Gasteiger partial charge < -0.3 is 14.1 Å². The van der Waals surface area contributed by atoms with Gasteiger partial charge in [-0.3, -0.25) is 9.69 Å². The van der Waals surface area contributed by atoms with Crippen molar-refractivity contribution in [3.63, 3.8) is 0 Å². The lowest BCUT2D eigenvalue weighted by Crippen LogP contribution is -2.35. The van der Waals surface area contributed by atoms with Crippen molar-refractivity contribution in [2.75, 3.05) is 13.7 Å². The zero-order chi connectivity index (χ0) is 20.5. The first-order chi connectivity index (χ1) is 14.7. The predicted molar refractivity (Wildman–Crippen MR) is 114 cm³/mol. The summed E-state index contributed by atoms with van der Waals surface area (Å²) in [5.74, 6) is 1.89. The molecule has 152 valence electrons. The number of methoxy groups -OCH3 is 1. The van der Waals surface area contributed by atoms with Gasteiger partial charge in [0.05, 0.1) is 36.9 Å². The lowest BCUT2D eigenvalue weighted by Gasteiger charge is -2.26. The molecule has 0 aliphatic carbocycles. The fourth-order valence-electron chi connectivity index (χ4n) is 3.62. The van der Waals surface area contributed by atoms with E-state index in [0.29, 0.717) is 24.7 Å². The van der Waals surface area contributed by atoms with Crippen LogP contribution in [0.4, 0.5) is 0 Å². The van der Waals surface area contributed by atoms with E-state index >= 15 is 0 Å². The van der Waals surface area contributed by atoms with E-state index in [1.807, 2.05) is 24.3 Å². The molecule has 1 aliphatic rings. The molecule has 7 nitrogen and oxygen atoms in total. The van der Waals surface area contributed by atoms with Crippen LogP contribution in [0.15, 0.2) is 57.3 Å². The summed E-state index contributed by atoms with van der Waals surface area (Å²) < 4.78 is 10.6. The van der Waals surface area contributed by atoms with Gasteiger partial charge in [-0.25, -0.2) is 9.97 Å². The van der Waals surface area contributed by atoms with E-state index in [4.69, 9.17) is 14.1 Å². The molecule has 3 aromatic heterocycles. The van der Waals surface area contributed by atoms with Crippen molar-refractivity contribution in [2.24, 2.45) is 0 Å². The third-order valence-electron chi connectivity index (χ3n) is 5.20. The highest BCUT2D eigenvalue weighted by Gasteiger charge is 2.23. The number of nitrogens with one attached hydrogen (secondary N) is 1. The largest absolute Gasteiger partial charge is 0.497 e. The summed E-state index contributed by atoms with van der Waals surface area (Å²) in [5, 5.41) is 3.10. The fraction of sp³-hybridized carbons (Fsp3) is 0.227. The molecular weight excluding hydrogens is 400 g/mol. The summed E-state index contributed by atoms with van der Waals surface area (Å²) in [7, 11) is 1.66. The SMILES string of the molecule is COc1ccc(-c2csc(CN3CCc4nc(-c5ccco5)[nH]c(=O)c4C3)n2)cc1. The second-order valence-corrected chi connectivity index (χ2v) is 8.08.